The molecule has 292 valence electrons. The monoisotopic (exact) mass is 848 g/mol. The summed E-state index contributed by atoms with van der Waals surface area (Å²) in [5.74, 6) is 0.753. The van der Waals surface area contributed by atoms with E-state index in [0.29, 0.717) is 12.2 Å². The molecule has 1 aromatic heterocycles. The van der Waals surface area contributed by atoms with Crippen molar-refractivity contribution in [3.63, 3.8) is 0 Å². The Kier molecular flexibility index (Phi) is 22.4. The van der Waals surface area contributed by atoms with Gasteiger partial charge in [-0.2, -0.15) is 0 Å². The van der Waals surface area contributed by atoms with Crippen LogP contribution in [-0.2, 0) is 14.9 Å². The number of carbonyl (C=O) groups excluding carboxylic acids is 2. The summed E-state index contributed by atoms with van der Waals surface area (Å²) < 4.78 is 5.91. The standard InChI is InChI=1S/C32H37N3O3S.C5H13N.3C2H6.HI/c1-31(2)21-38-30(34-31)28-25(14-17-39-28)29(37)33-22-18-35(19-22)16-9-8-15-32(20-36)26-12-5-3-4-10-23(26)24-11-6-7-13-27(24)32;1-5(2)3-4-6;3*1-2;/h4-7,10-14,17,20,22,30,34H,3,8-9,15-16,18-19,21H2,1-2H3,(H,33,37);5H,3-4,6H2,1-2H3;3*1-2H3;1H. The molecule has 0 radical (unpaired) electrons. The first-order chi connectivity index (χ1) is 24.7. The summed E-state index contributed by atoms with van der Waals surface area (Å²) in [6, 6.07) is 10.4. The lowest BCUT2D eigenvalue weighted by Gasteiger charge is -2.39. The summed E-state index contributed by atoms with van der Waals surface area (Å²) >= 11 is 1.56. The maximum absolute atomic E-state index is 13.0. The number of nitrogens with one attached hydrogen (secondary N) is 2. The molecule has 2 unspecified atom stereocenters. The Balaban J connectivity index is 0.000000924. The van der Waals surface area contributed by atoms with Gasteiger partial charge >= 0.3 is 0 Å². The second-order valence-electron chi connectivity index (χ2n) is 13.8. The number of allylic oxidation sites excluding steroid dienone is 6. The zero-order chi connectivity index (χ0) is 38.0. The van der Waals surface area contributed by atoms with Gasteiger partial charge in [-0.1, -0.05) is 110 Å². The molecule has 52 heavy (non-hydrogen) atoms. The first kappa shape index (κ1) is 47.9. The number of aldehydes is 1. The number of carbonyl (C=O) groups is 2. The molecule has 2 saturated heterocycles. The number of thiophene rings is 1. The highest BCUT2D eigenvalue weighted by Gasteiger charge is 2.43. The van der Waals surface area contributed by atoms with Crippen LogP contribution in [0.2, 0.25) is 0 Å². The van der Waals surface area contributed by atoms with Crippen LogP contribution in [0.3, 0.4) is 0 Å². The van der Waals surface area contributed by atoms with E-state index in [-0.39, 0.29) is 47.7 Å². The fourth-order valence-corrected chi connectivity index (χ4v) is 7.61. The van der Waals surface area contributed by atoms with E-state index in [9.17, 15) is 9.59 Å². The maximum atomic E-state index is 13.0. The van der Waals surface area contributed by atoms with Gasteiger partial charge in [0.05, 0.1) is 28.5 Å². The number of ether oxygens (including phenoxy) is 1. The van der Waals surface area contributed by atoms with Crippen molar-refractivity contribution in [2.24, 2.45) is 11.7 Å². The van der Waals surface area contributed by atoms with Crippen LogP contribution in [0.4, 0.5) is 0 Å². The SMILES string of the molecule is CC.CC.CC.CC(C)CCN.CC1(C)COC(c2sccc2C(=O)NC2CN(CCCCC3(C=O)C4=C(C=CCC=C4)c4ccccc43)C2)N1.I. The number of nitrogens with zero attached hydrogens (tertiary/aromatic N) is 1. The van der Waals surface area contributed by atoms with E-state index in [4.69, 9.17) is 10.5 Å². The maximum Gasteiger partial charge on any atom is 0.252 e. The molecule has 2 aromatic rings. The Bertz CT molecular complexity index is 1440. The Morgan fingerprint density at radius 2 is 1.73 bits per heavy atom. The molecule has 7 nitrogen and oxygen atoms in total. The fourth-order valence-electron chi connectivity index (χ4n) is 6.72. The number of hydrogen-bond donors (Lipinski definition) is 3. The van der Waals surface area contributed by atoms with Gasteiger partial charge in [-0.05, 0) is 92.3 Å². The second-order valence-corrected chi connectivity index (χ2v) is 14.7. The minimum Gasteiger partial charge on any atom is -0.356 e. The topological polar surface area (TPSA) is 96.7 Å². The zero-order valence-corrected chi connectivity index (χ0v) is 36.9. The average molecular weight is 849 g/mol. The van der Waals surface area contributed by atoms with E-state index >= 15 is 0 Å². The molecule has 2 aliphatic carbocycles. The number of nitrogens with two attached hydrogens (primary N) is 1. The third-order valence-electron chi connectivity index (χ3n) is 9.15. The summed E-state index contributed by atoms with van der Waals surface area (Å²) in [5, 5.41) is 8.63. The molecule has 0 bridgehead atoms. The van der Waals surface area contributed by atoms with Crippen LogP contribution in [0.5, 0.6) is 0 Å². The number of benzene rings is 1. The van der Waals surface area contributed by atoms with Crippen molar-refractivity contribution in [3.05, 3.63) is 87.2 Å². The normalized spacial score (nSPS) is 20.8. The summed E-state index contributed by atoms with van der Waals surface area (Å²) in [7, 11) is 0. The molecule has 0 saturated carbocycles. The number of amides is 1. The molecule has 4 N–H and O–H groups in total. The lowest BCUT2D eigenvalue weighted by Crippen LogP contribution is -2.59. The van der Waals surface area contributed by atoms with Crippen LogP contribution in [0.1, 0.15) is 134 Å². The quantitative estimate of drug-likeness (QED) is 0.118. The predicted octanol–water partition coefficient (Wildman–Crippen LogP) is 9.84. The molecule has 1 aromatic carbocycles. The number of fused-ring (bicyclic) bond motifs is 2. The number of unbranched alkanes of at least 4 members (excludes halogenated alkanes) is 1. The minimum absolute atomic E-state index is 0. The molecule has 0 spiro atoms. The summed E-state index contributed by atoms with van der Waals surface area (Å²) in [6.45, 7) is 24.7. The Labute approximate surface area is 337 Å². The highest BCUT2D eigenvalue weighted by Crippen LogP contribution is 2.50. The lowest BCUT2D eigenvalue weighted by molar-refractivity contribution is -0.111. The predicted molar refractivity (Wildman–Crippen MR) is 234 cm³/mol. The molecule has 2 aliphatic heterocycles. The van der Waals surface area contributed by atoms with Crippen molar-refractivity contribution in [1.29, 1.82) is 0 Å². The Morgan fingerprint density at radius 1 is 1.06 bits per heavy atom. The third kappa shape index (κ3) is 12.4. The molecule has 2 atom stereocenters. The van der Waals surface area contributed by atoms with Gasteiger partial charge in [0, 0.05) is 18.6 Å². The van der Waals surface area contributed by atoms with Crippen LogP contribution in [0.25, 0.3) is 5.57 Å². The number of halogens is 1. The van der Waals surface area contributed by atoms with Gasteiger partial charge < -0.3 is 20.6 Å². The van der Waals surface area contributed by atoms with Crippen LogP contribution in [-0.4, -0.2) is 61.5 Å². The molecule has 1 amide bonds. The third-order valence-corrected chi connectivity index (χ3v) is 10.1. The van der Waals surface area contributed by atoms with E-state index in [0.717, 1.165) is 80.2 Å². The van der Waals surface area contributed by atoms with Crippen LogP contribution in [0.15, 0.2) is 65.6 Å². The lowest BCUT2D eigenvalue weighted by atomic mass is 9.74. The number of hydrogen-bond acceptors (Lipinski definition) is 7. The summed E-state index contributed by atoms with van der Waals surface area (Å²) in [5.41, 5.74) is 9.96. The van der Waals surface area contributed by atoms with Crippen molar-refractivity contribution < 1.29 is 14.3 Å². The average Bonchev–Trinajstić information content (AvgIpc) is 3.76. The van der Waals surface area contributed by atoms with Gasteiger partial charge in [-0.25, -0.2) is 0 Å². The largest absolute Gasteiger partial charge is 0.356 e. The van der Waals surface area contributed by atoms with Crippen LogP contribution >= 0.6 is 35.3 Å². The van der Waals surface area contributed by atoms with Crippen molar-refractivity contribution in [2.75, 3.05) is 32.8 Å². The Morgan fingerprint density at radius 3 is 2.33 bits per heavy atom. The van der Waals surface area contributed by atoms with E-state index in [2.05, 4.69) is 85.7 Å². The zero-order valence-electron chi connectivity index (χ0n) is 33.7. The smallest absolute Gasteiger partial charge is 0.252 e. The molecular formula is C43H69IN4O3S. The minimum atomic E-state index is -0.562. The van der Waals surface area contributed by atoms with Gasteiger partial charge in [0.15, 0.2) is 0 Å². The Hall–Kier alpha value is -2.15. The van der Waals surface area contributed by atoms with Gasteiger partial charge in [-0.3, -0.25) is 15.0 Å². The van der Waals surface area contributed by atoms with E-state index in [1.807, 2.05) is 59.1 Å². The first-order valence-corrected chi connectivity index (χ1v) is 20.4. The van der Waals surface area contributed by atoms with Gasteiger partial charge in [0.2, 0.25) is 0 Å². The molecule has 6 rings (SSSR count). The molecular weight excluding hydrogens is 779 g/mol. The highest BCUT2D eigenvalue weighted by molar-refractivity contribution is 14.0. The molecule has 9 heteroatoms. The number of rotatable bonds is 11. The fraction of sp³-hybridized carbons (Fsp3) is 0.581. The van der Waals surface area contributed by atoms with Crippen LogP contribution < -0.4 is 16.4 Å². The summed E-state index contributed by atoms with van der Waals surface area (Å²) in [4.78, 5) is 29.0. The molecule has 2 fully saturated rings. The van der Waals surface area contributed by atoms with Gasteiger partial charge in [0.1, 0.15) is 12.5 Å². The number of likely N-dealkylation sites (tertiary alicyclic amines) is 1. The first-order valence-electron chi connectivity index (χ1n) is 19.5. The highest BCUT2D eigenvalue weighted by atomic mass is 127. The summed E-state index contributed by atoms with van der Waals surface area (Å²) in [6.07, 6.45) is 14.5. The van der Waals surface area contributed by atoms with Gasteiger partial charge in [-0.15, -0.1) is 35.3 Å². The van der Waals surface area contributed by atoms with Crippen molar-refractivity contribution in [1.82, 2.24) is 15.5 Å². The van der Waals surface area contributed by atoms with Gasteiger partial charge in [0.25, 0.3) is 5.91 Å². The molecule has 3 heterocycles. The van der Waals surface area contributed by atoms with Crippen molar-refractivity contribution in [2.45, 2.75) is 125 Å². The van der Waals surface area contributed by atoms with E-state index < -0.39 is 5.41 Å². The molecule has 4 aliphatic rings. The van der Waals surface area contributed by atoms with E-state index in [1.165, 1.54) is 17.4 Å². The van der Waals surface area contributed by atoms with Crippen molar-refractivity contribution >= 4 is 53.1 Å². The second kappa shape index (κ2) is 24.3. The van der Waals surface area contributed by atoms with Crippen molar-refractivity contribution in [3.8, 4) is 0 Å². The van der Waals surface area contributed by atoms with Crippen LogP contribution in [0, 0.1) is 5.92 Å². The van der Waals surface area contributed by atoms with E-state index in [1.54, 1.807) is 11.3 Å².